The van der Waals surface area contributed by atoms with Gasteiger partial charge in [-0.15, -0.1) is 12.4 Å². The Morgan fingerprint density at radius 3 is 1.92 bits per heavy atom. The van der Waals surface area contributed by atoms with Crippen LogP contribution in [0.4, 0.5) is 0 Å². The molecule has 0 bridgehead atoms. The summed E-state index contributed by atoms with van der Waals surface area (Å²) in [6.07, 6.45) is 0. The van der Waals surface area contributed by atoms with Gasteiger partial charge in [0.1, 0.15) is 0 Å². The van der Waals surface area contributed by atoms with Crippen LogP contribution in [0.3, 0.4) is 0 Å². The Morgan fingerprint density at radius 1 is 1.08 bits per heavy atom. The van der Waals surface area contributed by atoms with Crippen LogP contribution in [0, 0.1) is 20.8 Å². The number of hydrogen-bond donors (Lipinski definition) is 1. The van der Waals surface area contributed by atoms with Gasteiger partial charge >= 0.3 is 0 Å². The Bertz CT molecular complexity index is 258. The van der Waals surface area contributed by atoms with Crippen molar-refractivity contribution in [1.82, 2.24) is 5.32 Å². The van der Waals surface area contributed by atoms with Gasteiger partial charge in [-0.1, -0.05) is 17.7 Å². The first-order valence-corrected chi connectivity index (χ1v) is 4.36. The lowest BCUT2D eigenvalue weighted by Gasteiger charge is -2.10. The summed E-state index contributed by atoms with van der Waals surface area (Å²) in [6, 6.07) is 4.47. The van der Waals surface area contributed by atoms with E-state index in [1.54, 1.807) is 0 Å². The van der Waals surface area contributed by atoms with Gasteiger partial charge in [0, 0.05) is 6.54 Å². The molecule has 0 unspecified atom stereocenters. The predicted octanol–water partition coefficient (Wildman–Crippen LogP) is 2.75. The van der Waals surface area contributed by atoms with Gasteiger partial charge in [0.15, 0.2) is 0 Å². The van der Waals surface area contributed by atoms with Crippen LogP contribution in [0.25, 0.3) is 0 Å². The van der Waals surface area contributed by atoms with Crippen molar-refractivity contribution >= 4 is 12.4 Å². The van der Waals surface area contributed by atoms with E-state index in [1.165, 1.54) is 22.3 Å². The van der Waals surface area contributed by atoms with Gasteiger partial charge in [-0.05, 0) is 44.5 Å². The molecule has 74 valence electrons. The molecule has 0 aliphatic rings. The molecule has 1 aromatic rings. The molecule has 0 aliphatic carbocycles. The standard InChI is InChI=1S/C11H17N.ClH/c1-8-5-9(2)11(7-12-4)10(3)6-8;/h5-6,12H,7H2,1-4H3;1H. The van der Waals surface area contributed by atoms with Crippen molar-refractivity contribution in [1.29, 1.82) is 0 Å². The monoisotopic (exact) mass is 199 g/mol. The van der Waals surface area contributed by atoms with E-state index in [2.05, 4.69) is 38.2 Å². The number of hydrogen-bond acceptors (Lipinski definition) is 1. The fraction of sp³-hybridized carbons (Fsp3) is 0.455. The molecular weight excluding hydrogens is 182 g/mol. The number of halogens is 1. The van der Waals surface area contributed by atoms with E-state index < -0.39 is 0 Å². The van der Waals surface area contributed by atoms with E-state index in [1.807, 2.05) is 7.05 Å². The van der Waals surface area contributed by atoms with E-state index >= 15 is 0 Å². The highest BCUT2D eigenvalue weighted by atomic mass is 35.5. The number of benzene rings is 1. The van der Waals surface area contributed by atoms with Gasteiger partial charge < -0.3 is 5.32 Å². The summed E-state index contributed by atoms with van der Waals surface area (Å²) in [5, 5.41) is 3.19. The van der Waals surface area contributed by atoms with Gasteiger partial charge in [0.2, 0.25) is 0 Å². The maximum absolute atomic E-state index is 3.19. The van der Waals surface area contributed by atoms with E-state index in [0.717, 1.165) is 6.54 Å². The minimum absolute atomic E-state index is 0. The van der Waals surface area contributed by atoms with E-state index in [-0.39, 0.29) is 12.4 Å². The van der Waals surface area contributed by atoms with Crippen LogP contribution in [0.2, 0.25) is 0 Å². The van der Waals surface area contributed by atoms with Gasteiger partial charge in [-0.25, -0.2) is 0 Å². The second-order valence-corrected chi connectivity index (χ2v) is 3.41. The number of aryl methyl sites for hydroxylation is 3. The number of rotatable bonds is 2. The summed E-state index contributed by atoms with van der Waals surface area (Å²) in [7, 11) is 1.98. The topological polar surface area (TPSA) is 12.0 Å². The molecule has 0 spiro atoms. The van der Waals surface area contributed by atoms with E-state index in [0.29, 0.717) is 0 Å². The molecule has 0 saturated carbocycles. The fourth-order valence-corrected chi connectivity index (χ4v) is 1.67. The molecule has 13 heavy (non-hydrogen) atoms. The Labute approximate surface area is 87.0 Å². The quantitative estimate of drug-likeness (QED) is 0.773. The van der Waals surface area contributed by atoms with Gasteiger partial charge in [0.25, 0.3) is 0 Å². The Hall–Kier alpha value is -0.530. The molecule has 1 nitrogen and oxygen atoms in total. The van der Waals surface area contributed by atoms with Crippen LogP contribution in [0.15, 0.2) is 12.1 Å². The summed E-state index contributed by atoms with van der Waals surface area (Å²) in [5.41, 5.74) is 5.57. The zero-order valence-corrected chi connectivity index (χ0v) is 9.59. The molecule has 0 atom stereocenters. The summed E-state index contributed by atoms with van der Waals surface area (Å²) in [6.45, 7) is 7.46. The molecule has 1 rings (SSSR count). The molecule has 0 heterocycles. The SMILES string of the molecule is CNCc1c(C)cc(C)cc1C.Cl. The first-order valence-electron chi connectivity index (χ1n) is 4.36. The molecule has 0 fully saturated rings. The predicted molar refractivity (Wildman–Crippen MR) is 60.7 cm³/mol. The summed E-state index contributed by atoms with van der Waals surface area (Å²) in [4.78, 5) is 0. The third-order valence-corrected chi connectivity index (χ3v) is 2.19. The molecule has 0 radical (unpaired) electrons. The van der Waals surface area contributed by atoms with Crippen LogP contribution in [0.5, 0.6) is 0 Å². The van der Waals surface area contributed by atoms with Gasteiger partial charge in [-0.3, -0.25) is 0 Å². The zero-order chi connectivity index (χ0) is 9.14. The van der Waals surface area contributed by atoms with Crippen molar-refractivity contribution in [3.63, 3.8) is 0 Å². The van der Waals surface area contributed by atoms with Crippen LogP contribution < -0.4 is 5.32 Å². The second kappa shape index (κ2) is 5.25. The van der Waals surface area contributed by atoms with E-state index in [9.17, 15) is 0 Å². The highest BCUT2D eigenvalue weighted by Crippen LogP contribution is 2.15. The smallest absolute Gasteiger partial charge is 0.0207 e. The van der Waals surface area contributed by atoms with Gasteiger partial charge in [0.05, 0.1) is 0 Å². The largest absolute Gasteiger partial charge is 0.316 e. The first-order chi connectivity index (χ1) is 5.65. The molecule has 0 amide bonds. The average molecular weight is 200 g/mol. The molecule has 0 saturated heterocycles. The van der Waals surface area contributed by atoms with Gasteiger partial charge in [-0.2, -0.15) is 0 Å². The fourth-order valence-electron chi connectivity index (χ4n) is 1.67. The third-order valence-electron chi connectivity index (χ3n) is 2.19. The van der Waals surface area contributed by atoms with Crippen molar-refractivity contribution in [3.05, 3.63) is 34.4 Å². The number of nitrogens with one attached hydrogen (secondary N) is 1. The summed E-state index contributed by atoms with van der Waals surface area (Å²) >= 11 is 0. The Kier molecular flexibility index (Phi) is 5.04. The summed E-state index contributed by atoms with van der Waals surface area (Å²) < 4.78 is 0. The highest BCUT2D eigenvalue weighted by Gasteiger charge is 2.01. The Balaban J connectivity index is 0.00000144. The van der Waals surface area contributed by atoms with E-state index in [4.69, 9.17) is 0 Å². The third kappa shape index (κ3) is 3.02. The molecular formula is C11H18ClN. The molecule has 0 aromatic heterocycles. The molecule has 1 N–H and O–H groups in total. The van der Waals surface area contributed by atoms with Crippen LogP contribution in [0.1, 0.15) is 22.3 Å². The van der Waals surface area contributed by atoms with Crippen LogP contribution in [-0.2, 0) is 6.54 Å². The first kappa shape index (κ1) is 12.5. The van der Waals surface area contributed by atoms with Crippen molar-refractivity contribution in [2.24, 2.45) is 0 Å². The Morgan fingerprint density at radius 2 is 1.54 bits per heavy atom. The van der Waals surface area contributed by atoms with Crippen molar-refractivity contribution in [2.75, 3.05) is 7.05 Å². The maximum atomic E-state index is 3.19. The maximum Gasteiger partial charge on any atom is 0.0207 e. The molecule has 0 aliphatic heterocycles. The lowest BCUT2D eigenvalue weighted by atomic mass is 10.00. The van der Waals surface area contributed by atoms with Crippen molar-refractivity contribution in [2.45, 2.75) is 27.3 Å². The minimum atomic E-state index is 0. The minimum Gasteiger partial charge on any atom is -0.316 e. The zero-order valence-electron chi connectivity index (χ0n) is 8.77. The van der Waals surface area contributed by atoms with Crippen LogP contribution in [-0.4, -0.2) is 7.05 Å². The average Bonchev–Trinajstić information content (AvgIpc) is 1.96. The molecule has 2 heteroatoms. The van der Waals surface area contributed by atoms with Crippen LogP contribution >= 0.6 is 12.4 Å². The summed E-state index contributed by atoms with van der Waals surface area (Å²) in [5.74, 6) is 0. The van der Waals surface area contributed by atoms with Crippen molar-refractivity contribution in [3.8, 4) is 0 Å². The lowest BCUT2D eigenvalue weighted by molar-refractivity contribution is 0.805. The molecule has 1 aromatic carbocycles. The highest BCUT2D eigenvalue weighted by molar-refractivity contribution is 5.85. The second-order valence-electron chi connectivity index (χ2n) is 3.41. The normalized spacial score (nSPS) is 9.54. The van der Waals surface area contributed by atoms with Crippen molar-refractivity contribution < 1.29 is 0 Å². The lowest BCUT2D eigenvalue weighted by Crippen LogP contribution is -2.08.